The smallest absolute Gasteiger partial charge is 0.214 e. The van der Waals surface area contributed by atoms with E-state index in [4.69, 9.17) is 0 Å². The molecule has 0 atom stereocenters. The highest BCUT2D eigenvalue weighted by molar-refractivity contribution is 7.89. The van der Waals surface area contributed by atoms with E-state index in [1.807, 2.05) is 0 Å². The average Bonchev–Trinajstić information content (AvgIpc) is 2.39. The summed E-state index contributed by atoms with van der Waals surface area (Å²) in [5.41, 5.74) is 0. The number of nitrogens with one attached hydrogen (secondary N) is 1. The molecule has 1 saturated heterocycles. The van der Waals surface area contributed by atoms with E-state index in [9.17, 15) is 8.42 Å². The summed E-state index contributed by atoms with van der Waals surface area (Å²) < 4.78 is 26.5. The van der Waals surface area contributed by atoms with Crippen molar-refractivity contribution in [2.45, 2.75) is 51.0 Å². The Hall–Kier alpha value is 0.160. The van der Waals surface area contributed by atoms with Crippen molar-refractivity contribution in [2.75, 3.05) is 25.9 Å². The maximum absolute atomic E-state index is 12.4. The zero-order valence-corrected chi connectivity index (χ0v) is 13.4. The molecule has 1 saturated carbocycles. The topological polar surface area (TPSA) is 49.4 Å². The fraction of sp³-hybridized carbons (Fsp3) is 1.00. The molecule has 4 nitrogen and oxygen atoms in total. The van der Waals surface area contributed by atoms with Gasteiger partial charge in [-0.05, 0) is 44.7 Å². The van der Waals surface area contributed by atoms with Gasteiger partial charge in [0.25, 0.3) is 0 Å². The van der Waals surface area contributed by atoms with Gasteiger partial charge in [0, 0.05) is 13.1 Å². The monoisotopic (exact) mass is 310 g/mol. The lowest BCUT2D eigenvalue weighted by Gasteiger charge is -2.32. The molecule has 114 valence electrons. The van der Waals surface area contributed by atoms with Crippen LogP contribution in [-0.2, 0) is 10.0 Å². The minimum absolute atomic E-state index is 0. The van der Waals surface area contributed by atoms with Crippen molar-refractivity contribution in [2.24, 2.45) is 5.92 Å². The molecule has 2 fully saturated rings. The predicted octanol–water partition coefficient (Wildman–Crippen LogP) is 2.00. The van der Waals surface area contributed by atoms with Crippen LogP contribution in [0.5, 0.6) is 0 Å². The summed E-state index contributed by atoms with van der Waals surface area (Å²) in [5.74, 6) is 0.765. The minimum Gasteiger partial charge on any atom is -0.317 e. The molecule has 0 unspecified atom stereocenters. The summed E-state index contributed by atoms with van der Waals surface area (Å²) in [6.07, 6.45) is 7.77. The average molecular weight is 311 g/mol. The number of rotatable bonds is 4. The van der Waals surface area contributed by atoms with E-state index in [1.165, 1.54) is 19.3 Å². The summed E-state index contributed by atoms with van der Waals surface area (Å²) >= 11 is 0. The lowest BCUT2D eigenvalue weighted by molar-refractivity contribution is 0.291. The highest BCUT2D eigenvalue weighted by atomic mass is 35.5. The van der Waals surface area contributed by atoms with Crippen LogP contribution in [0, 0.1) is 5.92 Å². The second-order valence-corrected chi connectivity index (χ2v) is 7.85. The Kier molecular flexibility index (Phi) is 7.08. The van der Waals surface area contributed by atoms with Crippen molar-refractivity contribution in [1.82, 2.24) is 9.62 Å². The van der Waals surface area contributed by atoms with Crippen molar-refractivity contribution in [3.8, 4) is 0 Å². The molecule has 0 radical (unpaired) electrons. The van der Waals surface area contributed by atoms with Gasteiger partial charge in [0.1, 0.15) is 0 Å². The Labute approximate surface area is 123 Å². The summed E-state index contributed by atoms with van der Waals surface area (Å²) in [5, 5.41) is 3.28. The van der Waals surface area contributed by atoms with Gasteiger partial charge in [-0.25, -0.2) is 12.7 Å². The van der Waals surface area contributed by atoms with Gasteiger partial charge in [-0.1, -0.05) is 19.3 Å². The van der Waals surface area contributed by atoms with E-state index in [-0.39, 0.29) is 18.4 Å². The number of halogens is 1. The summed E-state index contributed by atoms with van der Waals surface area (Å²) in [6.45, 7) is 1.88. The van der Waals surface area contributed by atoms with Gasteiger partial charge in [0.05, 0.1) is 5.75 Å². The molecule has 0 bridgehead atoms. The first-order valence-corrected chi connectivity index (χ1v) is 8.87. The Morgan fingerprint density at radius 1 is 1.05 bits per heavy atom. The summed E-state index contributed by atoms with van der Waals surface area (Å²) in [6, 6.07) is 0.208. The lowest BCUT2D eigenvalue weighted by Crippen LogP contribution is -2.45. The first-order chi connectivity index (χ1) is 8.59. The summed E-state index contributed by atoms with van der Waals surface area (Å²) in [4.78, 5) is 0. The van der Waals surface area contributed by atoms with Gasteiger partial charge in [0.15, 0.2) is 0 Å². The molecule has 2 aliphatic rings. The van der Waals surface area contributed by atoms with E-state index in [0.717, 1.165) is 38.8 Å². The number of hydrogen-bond donors (Lipinski definition) is 1. The second-order valence-electron chi connectivity index (χ2n) is 5.78. The fourth-order valence-electron chi connectivity index (χ4n) is 3.17. The molecule has 19 heavy (non-hydrogen) atoms. The maximum Gasteiger partial charge on any atom is 0.214 e. The van der Waals surface area contributed by atoms with E-state index < -0.39 is 10.0 Å². The molecule has 0 aromatic rings. The van der Waals surface area contributed by atoms with Gasteiger partial charge in [-0.2, -0.15) is 0 Å². The maximum atomic E-state index is 12.4. The van der Waals surface area contributed by atoms with Crippen LogP contribution < -0.4 is 5.32 Å². The predicted molar refractivity (Wildman–Crippen MR) is 81.3 cm³/mol. The van der Waals surface area contributed by atoms with Crippen LogP contribution in [0.1, 0.15) is 44.9 Å². The van der Waals surface area contributed by atoms with E-state index in [0.29, 0.717) is 11.7 Å². The fourth-order valence-corrected chi connectivity index (χ4v) is 5.00. The third-order valence-electron chi connectivity index (χ3n) is 4.43. The van der Waals surface area contributed by atoms with Crippen LogP contribution in [0.15, 0.2) is 0 Å². The van der Waals surface area contributed by atoms with E-state index >= 15 is 0 Å². The first-order valence-electron chi connectivity index (χ1n) is 7.26. The van der Waals surface area contributed by atoms with Crippen molar-refractivity contribution >= 4 is 22.4 Å². The molecule has 1 aliphatic heterocycles. The minimum atomic E-state index is -3.05. The second kappa shape index (κ2) is 7.81. The Morgan fingerprint density at radius 3 is 2.21 bits per heavy atom. The highest BCUT2D eigenvalue weighted by Crippen LogP contribution is 2.26. The molecular weight excluding hydrogens is 284 g/mol. The normalized spacial score (nSPS) is 23.3. The van der Waals surface area contributed by atoms with Crippen LogP contribution in [0.25, 0.3) is 0 Å². The van der Waals surface area contributed by atoms with E-state index in [2.05, 4.69) is 5.32 Å². The van der Waals surface area contributed by atoms with Crippen LogP contribution in [0.3, 0.4) is 0 Å². The Bertz CT molecular complexity index is 350. The van der Waals surface area contributed by atoms with E-state index in [1.54, 1.807) is 11.4 Å². The number of sulfonamides is 1. The third kappa shape index (κ3) is 4.88. The molecule has 1 heterocycles. The molecule has 0 amide bonds. The zero-order chi connectivity index (χ0) is 13.0. The molecule has 0 aromatic carbocycles. The molecule has 2 rings (SSSR count). The summed E-state index contributed by atoms with van der Waals surface area (Å²) in [7, 11) is -1.28. The van der Waals surface area contributed by atoms with Crippen molar-refractivity contribution in [3.63, 3.8) is 0 Å². The molecule has 0 aromatic heterocycles. The van der Waals surface area contributed by atoms with Crippen molar-refractivity contribution in [1.29, 1.82) is 0 Å². The van der Waals surface area contributed by atoms with Gasteiger partial charge >= 0.3 is 0 Å². The Morgan fingerprint density at radius 2 is 1.63 bits per heavy atom. The molecule has 1 aliphatic carbocycles. The SMILES string of the molecule is CN(C1CCNCC1)S(=O)(=O)CC1CCCCC1.Cl. The van der Waals surface area contributed by atoms with Crippen molar-refractivity contribution < 1.29 is 8.42 Å². The zero-order valence-electron chi connectivity index (χ0n) is 11.8. The number of piperidine rings is 1. The van der Waals surface area contributed by atoms with Crippen LogP contribution >= 0.6 is 12.4 Å². The van der Waals surface area contributed by atoms with Crippen molar-refractivity contribution in [3.05, 3.63) is 0 Å². The van der Waals surface area contributed by atoms with Crippen LogP contribution in [0.2, 0.25) is 0 Å². The van der Waals surface area contributed by atoms with Gasteiger partial charge in [0.2, 0.25) is 10.0 Å². The third-order valence-corrected chi connectivity index (χ3v) is 6.50. The standard InChI is InChI=1S/C13H26N2O2S.ClH/c1-15(13-7-9-14-10-8-13)18(16,17)11-12-5-3-2-4-6-12;/h12-14H,2-11H2,1H3;1H. The van der Waals surface area contributed by atoms with Gasteiger partial charge in [-0.15, -0.1) is 12.4 Å². The van der Waals surface area contributed by atoms with Crippen LogP contribution in [0.4, 0.5) is 0 Å². The molecular formula is C13H27ClN2O2S. The van der Waals surface area contributed by atoms with Crippen LogP contribution in [-0.4, -0.2) is 44.7 Å². The Balaban J connectivity index is 0.00000180. The van der Waals surface area contributed by atoms with Gasteiger partial charge in [-0.3, -0.25) is 0 Å². The molecule has 1 N–H and O–H groups in total. The highest BCUT2D eigenvalue weighted by Gasteiger charge is 2.30. The molecule has 0 spiro atoms. The lowest BCUT2D eigenvalue weighted by atomic mass is 9.91. The first kappa shape index (κ1) is 17.2. The quantitative estimate of drug-likeness (QED) is 0.864. The molecule has 6 heteroatoms. The number of nitrogens with zero attached hydrogens (tertiary/aromatic N) is 1. The van der Waals surface area contributed by atoms with Gasteiger partial charge < -0.3 is 5.32 Å². The largest absolute Gasteiger partial charge is 0.317 e. The number of hydrogen-bond acceptors (Lipinski definition) is 3.